The van der Waals surface area contributed by atoms with Crippen LogP contribution in [0.2, 0.25) is 0 Å². The molecule has 0 unspecified atom stereocenters. The molecule has 2 rings (SSSR count). The number of rotatable bonds is 11. The van der Waals surface area contributed by atoms with Crippen molar-refractivity contribution in [2.75, 3.05) is 13.7 Å². The summed E-state index contributed by atoms with van der Waals surface area (Å²) in [4.78, 5) is 36.3. The monoisotopic (exact) mass is 427 g/mol. The molecule has 7 nitrogen and oxygen atoms in total. The van der Waals surface area contributed by atoms with Gasteiger partial charge in [-0.3, -0.25) is 4.79 Å². The summed E-state index contributed by atoms with van der Waals surface area (Å²) in [6, 6.07) is 15.7. The van der Waals surface area contributed by atoms with Gasteiger partial charge in [-0.05, 0) is 42.2 Å². The van der Waals surface area contributed by atoms with Gasteiger partial charge in [0.1, 0.15) is 18.4 Å². The van der Waals surface area contributed by atoms with E-state index in [0.29, 0.717) is 17.9 Å². The van der Waals surface area contributed by atoms with Gasteiger partial charge in [-0.15, -0.1) is 0 Å². The van der Waals surface area contributed by atoms with Crippen molar-refractivity contribution in [3.63, 3.8) is 0 Å². The first-order valence-electron chi connectivity index (χ1n) is 10.2. The van der Waals surface area contributed by atoms with Gasteiger partial charge in [0.15, 0.2) is 5.78 Å². The smallest absolute Gasteiger partial charge is 0.407 e. The van der Waals surface area contributed by atoms with Crippen LogP contribution in [0.1, 0.15) is 42.6 Å². The van der Waals surface area contributed by atoms with Gasteiger partial charge in [0.05, 0.1) is 13.7 Å². The molecule has 0 radical (unpaired) electrons. The average Bonchev–Trinajstić information content (AvgIpc) is 2.79. The number of Topliss-reactive ketones (excluding diaryl/α,β-unsaturated/α-hetero) is 1. The molecule has 1 N–H and O–H groups in total. The maximum atomic E-state index is 12.5. The third-order valence-corrected chi connectivity index (χ3v) is 4.41. The standard InChI is InChI=1S/C24H29NO6/c1-17(2)15-31-24(28)25-21(23(27)29-3)13-14-22(26)19-9-11-20(12-10-19)30-16-18-7-5-4-6-8-18/h4-12,17,21H,13-16H2,1-3H3,(H,25,28)/t21-/m0/s1. The van der Waals surface area contributed by atoms with E-state index in [1.807, 2.05) is 44.2 Å². The second kappa shape index (κ2) is 12.4. The average molecular weight is 427 g/mol. The zero-order chi connectivity index (χ0) is 22.6. The lowest BCUT2D eigenvalue weighted by Gasteiger charge is -2.16. The van der Waals surface area contributed by atoms with Crippen LogP contribution in [0, 0.1) is 5.92 Å². The Bertz CT molecular complexity index is 848. The minimum atomic E-state index is -0.956. The number of nitrogens with one attached hydrogen (secondary N) is 1. The van der Waals surface area contributed by atoms with Crippen LogP contribution in [0.25, 0.3) is 0 Å². The number of hydrogen-bond acceptors (Lipinski definition) is 6. The van der Waals surface area contributed by atoms with Crippen LogP contribution < -0.4 is 10.1 Å². The van der Waals surface area contributed by atoms with Crippen LogP contribution >= 0.6 is 0 Å². The first-order chi connectivity index (χ1) is 14.9. The van der Waals surface area contributed by atoms with Crippen molar-refractivity contribution in [3.8, 4) is 5.75 Å². The van der Waals surface area contributed by atoms with Crippen LogP contribution in [-0.4, -0.2) is 37.6 Å². The van der Waals surface area contributed by atoms with E-state index in [4.69, 9.17) is 14.2 Å². The molecule has 0 heterocycles. The lowest BCUT2D eigenvalue weighted by molar-refractivity contribution is -0.143. The minimum absolute atomic E-state index is 0.0639. The predicted octanol–water partition coefficient (Wildman–Crippen LogP) is 4.15. The topological polar surface area (TPSA) is 90.9 Å². The number of carbonyl (C=O) groups is 3. The highest BCUT2D eigenvalue weighted by molar-refractivity contribution is 5.96. The molecule has 31 heavy (non-hydrogen) atoms. The van der Waals surface area contributed by atoms with Gasteiger partial charge in [0.25, 0.3) is 0 Å². The van der Waals surface area contributed by atoms with Crippen molar-refractivity contribution in [3.05, 3.63) is 65.7 Å². The fraction of sp³-hybridized carbons (Fsp3) is 0.375. The van der Waals surface area contributed by atoms with Crippen molar-refractivity contribution >= 4 is 17.8 Å². The summed E-state index contributed by atoms with van der Waals surface area (Å²) in [5.41, 5.74) is 1.55. The fourth-order valence-corrected chi connectivity index (χ4v) is 2.72. The van der Waals surface area contributed by atoms with Crippen molar-refractivity contribution < 1.29 is 28.6 Å². The number of amides is 1. The summed E-state index contributed by atoms with van der Waals surface area (Å²) in [6.07, 6.45) is -0.542. The Morgan fingerprint density at radius 2 is 1.65 bits per heavy atom. The Kier molecular flexibility index (Phi) is 9.55. The molecule has 0 saturated heterocycles. The molecule has 166 valence electrons. The Balaban J connectivity index is 1.86. The second-order valence-electron chi connectivity index (χ2n) is 7.47. The number of carbonyl (C=O) groups excluding carboxylic acids is 3. The zero-order valence-electron chi connectivity index (χ0n) is 18.1. The quantitative estimate of drug-likeness (QED) is 0.428. The molecule has 0 aliphatic heterocycles. The summed E-state index contributed by atoms with van der Waals surface area (Å²) < 4.78 is 15.5. The molecule has 0 aliphatic carbocycles. The van der Waals surface area contributed by atoms with Crippen LogP contribution in [-0.2, 0) is 20.9 Å². The lowest BCUT2D eigenvalue weighted by atomic mass is 10.0. The molecule has 0 aliphatic rings. The van der Waals surface area contributed by atoms with Gasteiger partial charge >= 0.3 is 12.1 Å². The van der Waals surface area contributed by atoms with Gasteiger partial charge in [-0.25, -0.2) is 9.59 Å². The number of alkyl carbamates (subject to hydrolysis) is 1. The lowest BCUT2D eigenvalue weighted by Crippen LogP contribution is -2.42. The molecule has 2 aromatic rings. The van der Waals surface area contributed by atoms with Gasteiger partial charge in [-0.2, -0.15) is 0 Å². The third kappa shape index (κ3) is 8.50. The maximum Gasteiger partial charge on any atom is 0.407 e. The first kappa shape index (κ1) is 23.9. The molecule has 1 atom stereocenters. The molecule has 1 amide bonds. The van der Waals surface area contributed by atoms with E-state index in [-0.39, 0.29) is 31.1 Å². The molecular formula is C24H29NO6. The fourth-order valence-electron chi connectivity index (χ4n) is 2.72. The summed E-state index contributed by atoms with van der Waals surface area (Å²) in [5.74, 6) is 0.0470. The molecule has 7 heteroatoms. The number of hydrogen-bond donors (Lipinski definition) is 1. The van der Waals surface area contributed by atoms with Crippen LogP contribution in [0.4, 0.5) is 4.79 Å². The number of benzene rings is 2. The Morgan fingerprint density at radius 3 is 2.26 bits per heavy atom. The van der Waals surface area contributed by atoms with Gasteiger partial charge in [-0.1, -0.05) is 44.2 Å². The van der Waals surface area contributed by atoms with E-state index in [9.17, 15) is 14.4 Å². The van der Waals surface area contributed by atoms with Gasteiger partial charge < -0.3 is 19.5 Å². The number of methoxy groups -OCH3 is 1. The largest absolute Gasteiger partial charge is 0.489 e. The first-order valence-corrected chi connectivity index (χ1v) is 10.2. The summed E-state index contributed by atoms with van der Waals surface area (Å²) in [7, 11) is 1.23. The molecule has 0 aromatic heterocycles. The molecule has 0 fully saturated rings. The number of ketones is 1. The highest BCUT2D eigenvalue weighted by Crippen LogP contribution is 2.16. The Morgan fingerprint density at radius 1 is 0.968 bits per heavy atom. The zero-order valence-corrected chi connectivity index (χ0v) is 18.1. The van der Waals surface area contributed by atoms with Crippen LogP contribution in [0.15, 0.2) is 54.6 Å². The number of ether oxygens (including phenoxy) is 3. The molecule has 0 spiro atoms. The van der Waals surface area contributed by atoms with Gasteiger partial charge in [0, 0.05) is 12.0 Å². The molecule has 2 aromatic carbocycles. The molecule has 0 bridgehead atoms. The van der Waals surface area contributed by atoms with E-state index in [0.717, 1.165) is 5.56 Å². The maximum absolute atomic E-state index is 12.5. The Hall–Kier alpha value is -3.35. The van der Waals surface area contributed by atoms with Crippen molar-refractivity contribution in [2.45, 2.75) is 39.3 Å². The highest BCUT2D eigenvalue weighted by atomic mass is 16.6. The van der Waals surface area contributed by atoms with E-state index >= 15 is 0 Å². The second-order valence-corrected chi connectivity index (χ2v) is 7.47. The Labute approximate surface area is 182 Å². The van der Waals surface area contributed by atoms with Crippen molar-refractivity contribution in [2.24, 2.45) is 5.92 Å². The van der Waals surface area contributed by atoms with Crippen LogP contribution in [0.5, 0.6) is 5.75 Å². The summed E-state index contributed by atoms with van der Waals surface area (Å²) >= 11 is 0. The minimum Gasteiger partial charge on any atom is -0.489 e. The van der Waals surface area contributed by atoms with Crippen molar-refractivity contribution in [1.82, 2.24) is 5.32 Å². The SMILES string of the molecule is COC(=O)[C@H](CCC(=O)c1ccc(OCc2ccccc2)cc1)NC(=O)OCC(C)C. The van der Waals surface area contributed by atoms with Gasteiger partial charge in [0.2, 0.25) is 0 Å². The molecule has 0 saturated carbocycles. The highest BCUT2D eigenvalue weighted by Gasteiger charge is 2.23. The predicted molar refractivity (Wildman–Crippen MR) is 116 cm³/mol. The normalized spacial score (nSPS) is 11.5. The van der Waals surface area contributed by atoms with E-state index in [1.54, 1.807) is 24.3 Å². The third-order valence-electron chi connectivity index (χ3n) is 4.41. The number of esters is 1. The summed E-state index contributed by atoms with van der Waals surface area (Å²) in [6.45, 7) is 4.48. The van der Waals surface area contributed by atoms with Crippen molar-refractivity contribution in [1.29, 1.82) is 0 Å². The van der Waals surface area contributed by atoms with E-state index in [1.165, 1.54) is 7.11 Å². The summed E-state index contributed by atoms with van der Waals surface area (Å²) in [5, 5.41) is 2.46. The van der Waals surface area contributed by atoms with E-state index in [2.05, 4.69) is 5.32 Å². The van der Waals surface area contributed by atoms with E-state index < -0.39 is 18.1 Å². The van der Waals surface area contributed by atoms with Crippen LogP contribution in [0.3, 0.4) is 0 Å². The molecular weight excluding hydrogens is 398 g/mol.